The van der Waals surface area contributed by atoms with Gasteiger partial charge in [0, 0.05) is 16.6 Å². The van der Waals surface area contributed by atoms with E-state index in [-0.39, 0.29) is 5.82 Å². The molecule has 2 nitrogen and oxygen atoms in total. The second kappa shape index (κ2) is 5.55. The largest absolute Gasteiger partial charge is 0.385 e. The quantitative estimate of drug-likeness (QED) is 0.885. The molecule has 0 heterocycles. The fourth-order valence-electron chi connectivity index (χ4n) is 2.71. The fourth-order valence-corrected chi connectivity index (χ4v) is 3.01. The predicted molar refractivity (Wildman–Crippen MR) is 71.2 cm³/mol. The minimum Gasteiger partial charge on any atom is -0.385 e. The highest BCUT2D eigenvalue weighted by molar-refractivity contribution is 6.31. The third kappa shape index (κ3) is 2.85. The van der Waals surface area contributed by atoms with Gasteiger partial charge in [0.2, 0.25) is 0 Å². The number of hydrogen-bond acceptors (Lipinski definition) is 2. The molecule has 18 heavy (non-hydrogen) atoms. The zero-order valence-electron chi connectivity index (χ0n) is 10.5. The molecule has 1 aliphatic rings. The van der Waals surface area contributed by atoms with Crippen LogP contribution in [0.2, 0.25) is 5.02 Å². The van der Waals surface area contributed by atoms with Crippen molar-refractivity contribution in [3.05, 3.63) is 34.6 Å². The van der Waals surface area contributed by atoms with Gasteiger partial charge < -0.3 is 10.4 Å². The molecule has 0 spiro atoms. The molecule has 0 saturated heterocycles. The van der Waals surface area contributed by atoms with Gasteiger partial charge in [0.05, 0.1) is 5.60 Å². The van der Waals surface area contributed by atoms with Gasteiger partial charge in [0.1, 0.15) is 5.82 Å². The molecule has 2 N–H and O–H groups in total. The lowest BCUT2D eigenvalue weighted by Gasteiger charge is -2.37. The van der Waals surface area contributed by atoms with Crippen molar-refractivity contribution < 1.29 is 9.50 Å². The predicted octanol–water partition coefficient (Wildman–Crippen LogP) is 3.22. The molecule has 0 aromatic heterocycles. The van der Waals surface area contributed by atoms with Crippen LogP contribution < -0.4 is 5.32 Å². The average Bonchev–Trinajstić information content (AvgIpc) is 2.36. The standard InChI is InChI=1S/C14H19ClFNO/c1-2-17-11-5-7-14(18,8-6-11)12-9-10(16)3-4-13(12)15/h3-4,9,11,17-18H,2,5-8H2,1H3. The molecule has 0 unspecified atom stereocenters. The zero-order chi connectivity index (χ0) is 13.2. The van der Waals surface area contributed by atoms with Gasteiger partial charge in [-0.25, -0.2) is 4.39 Å². The second-order valence-electron chi connectivity index (χ2n) is 4.99. The summed E-state index contributed by atoms with van der Waals surface area (Å²) >= 11 is 6.07. The van der Waals surface area contributed by atoms with Crippen LogP contribution >= 0.6 is 11.6 Å². The van der Waals surface area contributed by atoms with Crippen LogP contribution in [0.15, 0.2) is 18.2 Å². The molecule has 1 aromatic rings. The van der Waals surface area contributed by atoms with Gasteiger partial charge in [-0.3, -0.25) is 0 Å². The Hall–Kier alpha value is -0.640. The first-order chi connectivity index (χ1) is 8.55. The molecule has 1 saturated carbocycles. The van der Waals surface area contributed by atoms with Crippen LogP contribution in [-0.4, -0.2) is 17.7 Å². The molecule has 1 fully saturated rings. The SMILES string of the molecule is CCNC1CCC(O)(c2cc(F)ccc2Cl)CC1. The summed E-state index contributed by atoms with van der Waals surface area (Å²) < 4.78 is 13.3. The van der Waals surface area contributed by atoms with Crippen LogP contribution in [0.1, 0.15) is 38.2 Å². The van der Waals surface area contributed by atoms with Crippen LogP contribution in [0.3, 0.4) is 0 Å². The molecular formula is C14H19ClFNO. The van der Waals surface area contributed by atoms with Gasteiger partial charge >= 0.3 is 0 Å². The molecular weight excluding hydrogens is 253 g/mol. The van der Waals surface area contributed by atoms with E-state index in [9.17, 15) is 9.50 Å². The van der Waals surface area contributed by atoms with E-state index in [0.29, 0.717) is 29.5 Å². The van der Waals surface area contributed by atoms with Crippen LogP contribution in [0.25, 0.3) is 0 Å². The van der Waals surface area contributed by atoms with E-state index >= 15 is 0 Å². The van der Waals surface area contributed by atoms with Gasteiger partial charge in [0.25, 0.3) is 0 Å². The lowest BCUT2D eigenvalue weighted by atomic mass is 9.77. The summed E-state index contributed by atoms with van der Waals surface area (Å²) in [7, 11) is 0. The van der Waals surface area contributed by atoms with Crippen molar-refractivity contribution in [1.29, 1.82) is 0 Å². The van der Waals surface area contributed by atoms with Gasteiger partial charge in [-0.2, -0.15) is 0 Å². The molecule has 1 aromatic carbocycles. The van der Waals surface area contributed by atoms with Crippen molar-refractivity contribution >= 4 is 11.6 Å². The minimum atomic E-state index is -0.981. The normalized spacial score (nSPS) is 28.3. The number of benzene rings is 1. The van der Waals surface area contributed by atoms with Crippen molar-refractivity contribution in [2.45, 2.75) is 44.2 Å². The number of hydrogen-bond donors (Lipinski definition) is 2. The van der Waals surface area contributed by atoms with E-state index in [1.807, 2.05) is 0 Å². The molecule has 0 radical (unpaired) electrons. The Balaban J connectivity index is 2.15. The Bertz CT molecular complexity index is 416. The van der Waals surface area contributed by atoms with Gasteiger partial charge in [-0.1, -0.05) is 18.5 Å². The molecule has 0 amide bonds. The maximum atomic E-state index is 13.3. The Kier molecular flexibility index (Phi) is 4.25. The van der Waals surface area contributed by atoms with E-state index in [0.717, 1.165) is 19.4 Å². The minimum absolute atomic E-state index is 0.350. The highest BCUT2D eigenvalue weighted by atomic mass is 35.5. The van der Waals surface area contributed by atoms with Crippen LogP contribution in [-0.2, 0) is 5.60 Å². The molecule has 0 bridgehead atoms. The Labute approximate surface area is 112 Å². The Morgan fingerprint density at radius 1 is 1.44 bits per heavy atom. The highest BCUT2D eigenvalue weighted by Crippen LogP contribution is 2.40. The third-order valence-electron chi connectivity index (χ3n) is 3.74. The fraction of sp³-hybridized carbons (Fsp3) is 0.571. The summed E-state index contributed by atoms with van der Waals surface area (Å²) in [5.74, 6) is -0.350. The molecule has 100 valence electrons. The average molecular weight is 272 g/mol. The first kappa shape index (κ1) is 13.8. The lowest BCUT2D eigenvalue weighted by molar-refractivity contribution is -0.00829. The summed E-state index contributed by atoms with van der Waals surface area (Å²) in [4.78, 5) is 0. The van der Waals surface area contributed by atoms with Crippen molar-refractivity contribution in [1.82, 2.24) is 5.32 Å². The van der Waals surface area contributed by atoms with Crippen molar-refractivity contribution in [2.24, 2.45) is 0 Å². The van der Waals surface area contributed by atoms with Gasteiger partial charge in [-0.15, -0.1) is 0 Å². The molecule has 0 atom stereocenters. The Morgan fingerprint density at radius 3 is 2.72 bits per heavy atom. The van der Waals surface area contributed by atoms with Gasteiger partial charge in [0.15, 0.2) is 0 Å². The Morgan fingerprint density at radius 2 is 2.11 bits per heavy atom. The van der Waals surface area contributed by atoms with Crippen LogP contribution in [0.5, 0.6) is 0 Å². The third-order valence-corrected chi connectivity index (χ3v) is 4.06. The zero-order valence-corrected chi connectivity index (χ0v) is 11.3. The molecule has 4 heteroatoms. The van der Waals surface area contributed by atoms with E-state index in [1.54, 1.807) is 0 Å². The summed E-state index contributed by atoms with van der Waals surface area (Å²) in [6.07, 6.45) is 3.01. The first-order valence-electron chi connectivity index (χ1n) is 6.46. The topological polar surface area (TPSA) is 32.3 Å². The van der Waals surface area contributed by atoms with Gasteiger partial charge in [-0.05, 0) is 50.4 Å². The number of aliphatic hydroxyl groups is 1. The van der Waals surface area contributed by atoms with Crippen molar-refractivity contribution in [3.63, 3.8) is 0 Å². The highest BCUT2D eigenvalue weighted by Gasteiger charge is 2.36. The summed E-state index contributed by atoms with van der Waals surface area (Å²) in [6.45, 7) is 3.01. The van der Waals surface area contributed by atoms with E-state index in [2.05, 4.69) is 12.2 Å². The number of halogens is 2. The van der Waals surface area contributed by atoms with E-state index < -0.39 is 5.60 Å². The van der Waals surface area contributed by atoms with Crippen LogP contribution in [0, 0.1) is 5.82 Å². The first-order valence-corrected chi connectivity index (χ1v) is 6.84. The summed E-state index contributed by atoms with van der Waals surface area (Å²) in [5.41, 5.74) is -0.454. The maximum absolute atomic E-state index is 13.3. The van der Waals surface area contributed by atoms with E-state index in [1.165, 1.54) is 18.2 Å². The van der Waals surface area contributed by atoms with Crippen molar-refractivity contribution in [3.8, 4) is 0 Å². The summed E-state index contributed by atoms with van der Waals surface area (Å²) in [6, 6.07) is 4.64. The molecule has 2 rings (SSSR count). The van der Waals surface area contributed by atoms with E-state index in [4.69, 9.17) is 11.6 Å². The second-order valence-corrected chi connectivity index (χ2v) is 5.39. The number of nitrogens with one attached hydrogen (secondary N) is 1. The smallest absolute Gasteiger partial charge is 0.123 e. The van der Waals surface area contributed by atoms with Crippen LogP contribution in [0.4, 0.5) is 4.39 Å². The number of rotatable bonds is 3. The lowest BCUT2D eigenvalue weighted by Crippen LogP contribution is -2.39. The molecule has 0 aliphatic heterocycles. The molecule has 1 aliphatic carbocycles. The monoisotopic (exact) mass is 271 g/mol. The maximum Gasteiger partial charge on any atom is 0.123 e. The van der Waals surface area contributed by atoms with Crippen molar-refractivity contribution in [2.75, 3.05) is 6.54 Å². The summed E-state index contributed by atoms with van der Waals surface area (Å²) in [5, 5.41) is 14.5.